The van der Waals surface area contributed by atoms with E-state index in [4.69, 9.17) is 9.26 Å². The zero-order chi connectivity index (χ0) is 20.1. The molecule has 1 unspecified atom stereocenters. The fourth-order valence-corrected chi connectivity index (χ4v) is 3.83. The highest BCUT2D eigenvalue weighted by Crippen LogP contribution is 2.31. The molecule has 0 aliphatic carbocycles. The Morgan fingerprint density at radius 2 is 2.21 bits per heavy atom. The molecule has 0 amide bonds. The standard InChI is InChI=1S/C22H29N5O2/c1-3-27-16-18(14-23-27)15-26-11-5-4-9-20(26)22-24-21(25-29-22)10-12-28-19-8-6-7-17(2)13-19/h6-8,13-14,16,20H,3-5,9-12,15H2,1-2H3. The molecule has 1 fully saturated rings. The van der Waals surface area contributed by atoms with Crippen LogP contribution in [0.1, 0.15) is 55.1 Å². The molecule has 0 spiro atoms. The molecule has 1 saturated heterocycles. The van der Waals surface area contributed by atoms with Crippen LogP contribution < -0.4 is 4.74 Å². The largest absolute Gasteiger partial charge is 0.493 e. The molecule has 3 heterocycles. The van der Waals surface area contributed by atoms with Crippen molar-refractivity contribution in [2.24, 2.45) is 0 Å². The Balaban J connectivity index is 1.36. The van der Waals surface area contributed by atoms with E-state index in [9.17, 15) is 0 Å². The van der Waals surface area contributed by atoms with Crippen molar-refractivity contribution in [3.05, 3.63) is 59.5 Å². The minimum absolute atomic E-state index is 0.174. The molecule has 29 heavy (non-hydrogen) atoms. The van der Waals surface area contributed by atoms with E-state index in [1.165, 1.54) is 24.0 Å². The molecular weight excluding hydrogens is 366 g/mol. The molecule has 1 aliphatic rings. The summed E-state index contributed by atoms with van der Waals surface area (Å²) >= 11 is 0. The Bertz CT molecular complexity index is 919. The molecule has 154 valence electrons. The van der Waals surface area contributed by atoms with Gasteiger partial charge in [0.15, 0.2) is 5.82 Å². The summed E-state index contributed by atoms with van der Waals surface area (Å²) in [6, 6.07) is 8.23. The van der Waals surface area contributed by atoms with Gasteiger partial charge in [0.05, 0.1) is 18.8 Å². The maximum Gasteiger partial charge on any atom is 0.244 e. The highest BCUT2D eigenvalue weighted by molar-refractivity contribution is 5.27. The second kappa shape index (κ2) is 9.22. The van der Waals surface area contributed by atoms with E-state index in [0.29, 0.717) is 18.9 Å². The van der Waals surface area contributed by atoms with E-state index in [1.807, 2.05) is 29.1 Å². The van der Waals surface area contributed by atoms with Crippen LogP contribution in [0.25, 0.3) is 0 Å². The van der Waals surface area contributed by atoms with E-state index in [0.717, 1.165) is 37.7 Å². The molecule has 0 bridgehead atoms. The van der Waals surface area contributed by atoms with Crippen molar-refractivity contribution in [2.45, 2.75) is 58.7 Å². The van der Waals surface area contributed by atoms with E-state index in [1.54, 1.807) is 0 Å². The minimum Gasteiger partial charge on any atom is -0.493 e. The smallest absolute Gasteiger partial charge is 0.244 e. The lowest BCUT2D eigenvalue weighted by molar-refractivity contribution is 0.111. The Morgan fingerprint density at radius 1 is 1.28 bits per heavy atom. The number of rotatable bonds is 8. The SMILES string of the molecule is CCn1cc(CN2CCCCC2c2nc(CCOc3cccc(C)c3)no2)cn1. The fraction of sp³-hybridized carbons (Fsp3) is 0.500. The van der Waals surface area contributed by atoms with E-state index in [2.05, 4.69) is 46.2 Å². The number of benzene rings is 1. The molecule has 7 nitrogen and oxygen atoms in total. The molecular formula is C22H29N5O2. The number of aryl methyl sites for hydroxylation is 2. The van der Waals surface area contributed by atoms with Gasteiger partial charge in [-0.15, -0.1) is 0 Å². The van der Waals surface area contributed by atoms with Crippen LogP contribution in [-0.2, 0) is 19.5 Å². The van der Waals surface area contributed by atoms with Crippen molar-refractivity contribution in [1.82, 2.24) is 24.8 Å². The molecule has 1 atom stereocenters. The first kappa shape index (κ1) is 19.6. The molecule has 1 aliphatic heterocycles. The molecule has 1 aromatic carbocycles. The van der Waals surface area contributed by atoms with E-state index in [-0.39, 0.29) is 6.04 Å². The third kappa shape index (κ3) is 5.03. The zero-order valence-corrected chi connectivity index (χ0v) is 17.3. The lowest BCUT2D eigenvalue weighted by Gasteiger charge is -2.32. The summed E-state index contributed by atoms with van der Waals surface area (Å²) in [5.41, 5.74) is 2.41. The van der Waals surface area contributed by atoms with Gasteiger partial charge in [-0.25, -0.2) is 0 Å². The van der Waals surface area contributed by atoms with Gasteiger partial charge in [0.25, 0.3) is 0 Å². The average Bonchev–Trinajstić information content (AvgIpc) is 3.38. The first-order valence-corrected chi connectivity index (χ1v) is 10.5. The highest BCUT2D eigenvalue weighted by Gasteiger charge is 2.29. The van der Waals surface area contributed by atoms with Gasteiger partial charge in [-0.05, 0) is 50.9 Å². The van der Waals surface area contributed by atoms with Crippen LogP contribution in [0.5, 0.6) is 5.75 Å². The maximum atomic E-state index is 5.82. The van der Waals surface area contributed by atoms with Gasteiger partial charge in [-0.3, -0.25) is 9.58 Å². The van der Waals surface area contributed by atoms with Crippen LogP contribution in [0.2, 0.25) is 0 Å². The lowest BCUT2D eigenvalue weighted by atomic mass is 10.0. The predicted molar refractivity (Wildman–Crippen MR) is 110 cm³/mol. The second-order valence-electron chi connectivity index (χ2n) is 7.65. The summed E-state index contributed by atoms with van der Waals surface area (Å²) in [7, 11) is 0. The van der Waals surface area contributed by atoms with Crippen LogP contribution in [0.4, 0.5) is 0 Å². The van der Waals surface area contributed by atoms with Gasteiger partial charge in [0, 0.05) is 31.3 Å². The number of hydrogen-bond donors (Lipinski definition) is 0. The summed E-state index contributed by atoms with van der Waals surface area (Å²) in [6.45, 7) is 7.48. The van der Waals surface area contributed by atoms with E-state index >= 15 is 0 Å². The normalized spacial score (nSPS) is 17.5. The number of ether oxygens (including phenoxy) is 1. The van der Waals surface area contributed by atoms with Crippen LogP contribution in [0.15, 0.2) is 41.2 Å². The summed E-state index contributed by atoms with van der Waals surface area (Å²) in [6.07, 6.45) is 8.13. The third-order valence-electron chi connectivity index (χ3n) is 5.36. The Kier molecular flexibility index (Phi) is 6.24. The summed E-state index contributed by atoms with van der Waals surface area (Å²) in [4.78, 5) is 7.11. The van der Waals surface area contributed by atoms with Gasteiger partial charge in [-0.1, -0.05) is 23.7 Å². The molecule has 2 aromatic heterocycles. The van der Waals surface area contributed by atoms with Crippen molar-refractivity contribution in [3.63, 3.8) is 0 Å². The molecule has 0 saturated carbocycles. The van der Waals surface area contributed by atoms with E-state index < -0.39 is 0 Å². The average molecular weight is 396 g/mol. The Hall–Kier alpha value is -2.67. The fourth-order valence-electron chi connectivity index (χ4n) is 3.83. The van der Waals surface area contributed by atoms with Crippen molar-refractivity contribution < 1.29 is 9.26 Å². The zero-order valence-electron chi connectivity index (χ0n) is 17.3. The molecule has 7 heteroatoms. The van der Waals surface area contributed by atoms with Crippen LogP contribution in [-0.4, -0.2) is 38.0 Å². The van der Waals surface area contributed by atoms with Crippen molar-refractivity contribution in [2.75, 3.05) is 13.2 Å². The van der Waals surface area contributed by atoms with Gasteiger partial charge in [0.2, 0.25) is 5.89 Å². The number of hydrogen-bond acceptors (Lipinski definition) is 6. The lowest BCUT2D eigenvalue weighted by Crippen LogP contribution is -2.33. The first-order chi connectivity index (χ1) is 14.2. The quantitative estimate of drug-likeness (QED) is 0.575. The summed E-state index contributed by atoms with van der Waals surface area (Å²) in [5.74, 6) is 2.30. The minimum atomic E-state index is 0.174. The second-order valence-corrected chi connectivity index (χ2v) is 7.65. The van der Waals surface area contributed by atoms with Crippen molar-refractivity contribution in [1.29, 1.82) is 0 Å². The van der Waals surface area contributed by atoms with Crippen LogP contribution in [0.3, 0.4) is 0 Å². The maximum absolute atomic E-state index is 5.82. The topological polar surface area (TPSA) is 69.2 Å². The molecule has 3 aromatic rings. The summed E-state index contributed by atoms with van der Waals surface area (Å²) < 4.78 is 13.4. The number of piperidine rings is 1. The van der Waals surface area contributed by atoms with Gasteiger partial charge in [-0.2, -0.15) is 10.1 Å². The van der Waals surface area contributed by atoms with Crippen molar-refractivity contribution >= 4 is 0 Å². The Morgan fingerprint density at radius 3 is 3.03 bits per heavy atom. The van der Waals surface area contributed by atoms with Crippen molar-refractivity contribution in [3.8, 4) is 5.75 Å². The van der Waals surface area contributed by atoms with Gasteiger partial charge >= 0.3 is 0 Å². The van der Waals surface area contributed by atoms with Gasteiger partial charge in [0.1, 0.15) is 5.75 Å². The predicted octanol–water partition coefficient (Wildman–Crippen LogP) is 3.94. The molecule has 0 radical (unpaired) electrons. The first-order valence-electron chi connectivity index (χ1n) is 10.5. The van der Waals surface area contributed by atoms with Crippen LogP contribution in [0, 0.1) is 6.92 Å². The number of nitrogens with zero attached hydrogens (tertiary/aromatic N) is 5. The number of aromatic nitrogens is 4. The van der Waals surface area contributed by atoms with Gasteiger partial charge < -0.3 is 9.26 Å². The third-order valence-corrected chi connectivity index (χ3v) is 5.36. The summed E-state index contributed by atoms with van der Waals surface area (Å²) in [5, 5.41) is 8.58. The molecule has 0 N–H and O–H groups in total. The molecule has 4 rings (SSSR count). The Labute approximate surface area is 171 Å². The highest BCUT2D eigenvalue weighted by atomic mass is 16.5. The van der Waals surface area contributed by atoms with Crippen LogP contribution >= 0.6 is 0 Å². The monoisotopic (exact) mass is 395 g/mol. The number of likely N-dealkylation sites (tertiary alicyclic amines) is 1.